The lowest BCUT2D eigenvalue weighted by molar-refractivity contribution is -0.167. The average Bonchev–Trinajstić information content (AvgIpc) is 2.87. The number of carboxylic acid groups (broad SMARTS) is 1. The lowest BCUT2D eigenvalue weighted by Crippen LogP contribution is -2.48. The monoisotopic (exact) mass is 448 g/mol. The SMILES string of the molecule is CCc1ccc(C(OCCc2ccc(OC)cc2)(c2ccc(CC)cc2)C(O)C(=O)O)cc1. The number of rotatable bonds is 11. The molecule has 0 saturated heterocycles. The van der Waals surface area contributed by atoms with Crippen LogP contribution in [-0.2, 0) is 34.4 Å². The van der Waals surface area contributed by atoms with Crippen molar-refractivity contribution >= 4 is 5.97 Å². The summed E-state index contributed by atoms with van der Waals surface area (Å²) in [4.78, 5) is 12.1. The second kappa shape index (κ2) is 11.1. The maximum atomic E-state index is 12.1. The first-order chi connectivity index (χ1) is 15.9. The topological polar surface area (TPSA) is 76.0 Å². The van der Waals surface area contributed by atoms with Crippen molar-refractivity contribution in [1.82, 2.24) is 0 Å². The quantitative estimate of drug-likeness (QED) is 0.442. The van der Waals surface area contributed by atoms with Gasteiger partial charge in [0.2, 0.25) is 0 Å². The van der Waals surface area contributed by atoms with E-state index >= 15 is 0 Å². The lowest BCUT2D eigenvalue weighted by atomic mass is 9.80. The van der Waals surface area contributed by atoms with Gasteiger partial charge < -0.3 is 19.7 Å². The molecule has 5 nitrogen and oxygen atoms in total. The molecule has 0 saturated carbocycles. The van der Waals surface area contributed by atoms with Gasteiger partial charge in [0.15, 0.2) is 11.7 Å². The molecule has 0 amide bonds. The van der Waals surface area contributed by atoms with Crippen LogP contribution < -0.4 is 4.74 Å². The van der Waals surface area contributed by atoms with Crippen molar-refractivity contribution in [2.75, 3.05) is 13.7 Å². The number of ether oxygens (including phenoxy) is 2. The molecule has 0 bridgehead atoms. The highest BCUT2D eigenvalue weighted by Crippen LogP contribution is 2.38. The summed E-state index contributed by atoms with van der Waals surface area (Å²) < 4.78 is 11.6. The molecule has 0 aliphatic carbocycles. The maximum absolute atomic E-state index is 12.1. The van der Waals surface area contributed by atoms with Crippen LogP contribution in [0.2, 0.25) is 0 Å². The summed E-state index contributed by atoms with van der Waals surface area (Å²) in [5, 5.41) is 20.9. The first kappa shape index (κ1) is 24.5. The molecule has 0 aliphatic heterocycles. The molecule has 0 fully saturated rings. The summed E-state index contributed by atoms with van der Waals surface area (Å²) in [5.74, 6) is -0.569. The number of aryl methyl sites for hydroxylation is 2. The maximum Gasteiger partial charge on any atom is 0.336 e. The van der Waals surface area contributed by atoms with Crippen molar-refractivity contribution in [3.8, 4) is 5.75 Å². The Bertz CT molecular complexity index is 976. The molecular formula is C28H32O5. The van der Waals surface area contributed by atoms with Crippen molar-refractivity contribution < 1.29 is 24.5 Å². The highest BCUT2D eigenvalue weighted by molar-refractivity contribution is 5.75. The van der Waals surface area contributed by atoms with Gasteiger partial charge in [-0.05, 0) is 59.2 Å². The van der Waals surface area contributed by atoms with Crippen LogP contribution in [0.1, 0.15) is 41.7 Å². The first-order valence-electron chi connectivity index (χ1n) is 11.3. The number of carboxylic acids is 1. The van der Waals surface area contributed by atoms with Gasteiger partial charge >= 0.3 is 5.97 Å². The Balaban J connectivity index is 2.02. The molecule has 1 unspecified atom stereocenters. The molecule has 1 atom stereocenters. The van der Waals surface area contributed by atoms with Crippen molar-refractivity contribution in [2.45, 2.75) is 44.8 Å². The molecule has 2 N–H and O–H groups in total. The summed E-state index contributed by atoms with van der Waals surface area (Å²) in [6, 6.07) is 22.9. The number of hydrogen-bond acceptors (Lipinski definition) is 4. The number of methoxy groups -OCH3 is 1. The van der Waals surface area contributed by atoms with E-state index in [1.807, 2.05) is 72.8 Å². The number of benzene rings is 3. The summed E-state index contributed by atoms with van der Waals surface area (Å²) in [5.41, 5.74) is 2.94. The van der Waals surface area contributed by atoms with Crippen LogP contribution in [-0.4, -0.2) is 36.0 Å². The smallest absolute Gasteiger partial charge is 0.336 e. The minimum atomic E-state index is -1.78. The molecule has 33 heavy (non-hydrogen) atoms. The standard InChI is InChI=1S/C28H32O5/c1-4-20-6-12-23(13-7-20)28(26(29)27(30)31,24-14-8-21(5-2)9-15-24)33-19-18-22-10-16-25(32-3)17-11-22/h6-17,26,29H,4-5,18-19H2,1-3H3,(H,30,31). The molecule has 0 radical (unpaired) electrons. The Labute approximate surface area is 195 Å². The second-order valence-corrected chi connectivity index (χ2v) is 8.02. The van der Waals surface area contributed by atoms with E-state index in [1.165, 1.54) is 0 Å². The molecule has 3 aromatic rings. The zero-order valence-electron chi connectivity index (χ0n) is 19.5. The molecule has 174 valence electrons. The van der Waals surface area contributed by atoms with E-state index in [1.54, 1.807) is 7.11 Å². The molecule has 0 spiro atoms. The predicted molar refractivity (Wildman–Crippen MR) is 129 cm³/mol. The Kier molecular flexibility index (Phi) is 8.26. The number of aliphatic hydroxyl groups is 1. The number of aliphatic hydroxyl groups excluding tert-OH is 1. The van der Waals surface area contributed by atoms with E-state index in [0.717, 1.165) is 35.3 Å². The fraction of sp³-hybridized carbons (Fsp3) is 0.321. The van der Waals surface area contributed by atoms with Crippen molar-refractivity contribution in [3.05, 3.63) is 101 Å². The Morgan fingerprint density at radius 1 is 0.818 bits per heavy atom. The van der Waals surface area contributed by atoms with Crippen LogP contribution in [0.3, 0.4) is 0 Å². The molecule has 3 aromatic carbocycles. The van der Waals surface area contributed by atoms with Gasteiger partial charge in [-0.1, -0.05) is 74.5 Å². The average molecular weight is 449 g/mol. The fourth-order valence-electron chi connectivity index (χ4n) is 4.00. The molecular weight excluding hydrogens is 416 g/mol. The van der Waals surface area contributed by atoms with Crippen molar-refractivity contribution in [1.29, 1.82) is 0 Å². The highest BCUT2D eigenvalue weighted by atomic mass is 16.5. The summed E-state index contributed by atoms with van der Waals surface area (Å²) in [7, 11) is 1.62. The largest absolute Gasteiger partial charge is 0.497 e. The minimum Gasteiger partial charge on any atom is -0.497 e. The summed E-state index contributed by atoms with van der Waals surface area (Å²) >= 11 is 0. The lowest BCUT2D eigenvalue weighted by Gasteiger charge is -2.37. The number of hydrogen-bond donors (Lipinski definition) is 2. The van der Waals surface area contributed by atoms with Gasteiger partial charge in [-0.2, -0.15) is 0 Å². The third kappa shape index (κ3) is 5.44. The van der Waals surface area contributed by atoms with Gasteiger partial charge in [0.25, 0.3) is 0 Å². The summed E-state index contributed by atoms with van der Waals surface area (Å²) in [6.45, 7) is 4.34. The Hall–Kier alpha value is -3.15. The second-order valence-electron chi connectivity index (χ2n) is 8.02. The zero-order valence-corrected chi connectivity index (χ0v) is 19.5. The van der Waals surface area contributed by atoms with Crippen molar-refractivity contribution in [3.63, 3.8) is 0 Å². The van der Waals surface area contributed by atoms with E-state index in [4.69, 9.17) is 9.47 Å². The van der Waals surface area contributed by atoms with Crippen LogP contribution in [0.4, 0.5) is 0 Å². The number of aliphatic carboxylic acids is 1. The minimum absolute atomic E-state index is 0.224. The number of carbonyl (C=O) groups is 1. The fourth-order valence-corrected chi connectivity index (χ4v) is 4.00. The highest BCUT2D eigenvalue weighted by Gasteiger charge is 2.46. The van der Waals surface area contributed by atoms with E-state index in [9.17, 15) is 15.0 Å². The van der Waals surface area contributed by atoms with Gasteiger partial charge in [-0.3, -0.25) is 0 Å². The van der Waals surface area contributed by atoms with Gasteiger partial charge in [-0.25, -0.2) is 4.79 Å². The van der Waals surface area contributed by atoms with E-state index in [0.29, 0.717) is 17.5 Å². The van der Waals surface area contributed by atoms with E-state index in [-0.39, 0.29) is 6.61 Å². The third-order valence-corrected chi connectivity index (χ3v) is 6.08. The van der Waals surface area contributed by atoms with E-state index in [2.05, 4.69) is 13.8 Å². The molecule has 3 rings (SSSR count). The van der Waals surface area contributed by atoms with Crippen LogP contribution >= 0.6 is 0 Å². The van der Waals surface area contributed by atoms with Crippen LogP contribution in [0.25, 0.3) is 0 Å². The zero-order chi connectivity index (χ0) is 23.8. The predicted octanol–water partition coefficient (Wildman–Crippen LogP) is 4.77. The molecule has 5 heteroatoms. The van der Waals surface area contributed by atoms with Crippen LogP contribution in [0, 0.1) is 0 Å². The van der Waals surface area contributed by atoms with Gasteiger partial charge in [0.05, 0.1) is 13.7 Å². The van der Waals surface area contributed by atoms with Gasteiger partial charge in [-0.15, -0.1) is 0 Å². The molecule has 0 aliphatic rings. The van der Waals surface area contributed by atoms with Crippen LogP contribution in [0.15, 0.2) is 72.8 Å². The Morgan fingerprint density at radius 3 is 1.67 bits per heavy atom. The Morgan fingerprint density at radius 2 is 1.27 bits per heavy atom. The van der Waals surface area contributed by atoms with Crippen molar-refractivity contribution in [2.24, 2.45) is 0 Å². The van der Waals surface area contributed by atoms with Gasteiger partial charge in [0, 0.05) is 0 Å². The van der Waals surface area contributed by atoms with Gasteiger partial charge in [0.1, 0.15) is 5.75 Å². The van der Waals surface area contributed by atoms with E-state index < -0.39 is 17.7 Å². The molecule has 0 aromatic heterocycles. The normalized spacial score (nSPS) is 12.4. The third-order valence-electron chi connectivity index (χ3n) is 6.08. The molecule has 0 heterocycles. The van der Waals surface area contributed by atoms with Crippen LogP contribution in [0.5, 0.6) is 5.75 Å². The first-order valence-corrected chi connectivity index (χ1v) is 11.3. The summed E-state index contributed by atoms with van der Waals surface area (Å²) in [6.07, 6.45) is 0.489.